The highest BCUT2D eigenvalue weighted by atomic mass is 16.6. The lowest BCUT2D eigenvalue weighted by atomic mass is 10.0. The molecule has 0 aromatic heterocycles. The lowest BCUT2D eigenvalue weighted by molar-refractivity contribution is -0.149. The van der Waals surface area contributed by atoms with Crippen LogP contribution in [0.5, 0.6) is 0 Å². The van der Waals surface area contributed by atoms with E-state index < -0.39 is 0 Å². The van der Waals surface area contributed by atoms with Crippen LogP contribution in [0.15, 0.2) is 0 Å². The molecule has 4 nitrogen and oxygen atoms in total. The summed E-state index contributed by atoms with van der Waals surface area (Å²) < 4.78 is 10.4. The largest absolute Gasteiger partial charge is 0.460 e. The van der Waals surface area contributed by atoms with Crippen LogP contribution in [0.1, 0.15) is 25.7 Å². The summed E-state index contributed by atoms with van der Waals surface area (Å²) in [6.07, 6.45) is 3.58. The van der Waals surface area contributed by atoms with Gasteiger partial charge in [-0.25, -0.2) is 0 Å². The van der Waals surface area contributed by atoms with Crippen LogP contribution in [0.2, 0.25) is 0 Å². The average molecular weight is 213 g/mol. The van der Waals surface area contributed by atoms with Crippen LogP contribution >= 0.6 is 0 Å². The predicted molar refractivity (Wildman–Crippen MR) is 55.5 cm³/mol. The van der Waals surface area contributed by atoms with Crippen molar-refractivity contribution in [2.24, 2.45) is 5.92 Å². The molecular weight excluding hydrogens is 194 g/mol. The molecule has 4 heteroatoms. The lowest BCUT2D eigenvalue weighted by Gasteiger charge is -2.11. The molecule has 1 N–H and O–H groups in total. The molecule has 2 atom stereocenters. The molecule has 0 amide bonds. The number of esters is 1. The molecule has 2 saturated heterocycles. The van der Waals surface area contributed by atoms with Gasteiger partial charge in [0.2, 0.25) is 0 Å². The van der Waals surface area contributed by atoms with Gasteiger partial charge in [-0.15, -0.1) is 0 Å². The van der Waals surface area contributed by atoms with E-state index in [1.165, 1.54) is 6.42 Å². The zero-order chi connectivity index (χ0) is 10.5. The fourth-order valence-corrected chi connectivity index (χ4v) is 2.13. The summed E-state index contributed by atoms with van der Waals surface area (Å²) in [6, 6.07) is 0. The molecule has 2 fully saturated rings. The van der Waals surface area contributed by atoms with Crippen molar-refractivity contribution in [2.45, 2.75) is 31.8 Å². The minimum atomic E-state index is -0.0580. The minimum Gasteiger partial charge on any atom is -0.460 e. The molecule has 86 valence electrons. The van der Waals surface area contributed by atoms with Gasteiger partial charge in [-0.05, 0) is 31.8 Å². The van der Waals surface area contributed by atoms with Crippen LogP contribution in [0.3, 0.4) is 0 Å². The van der Waals surface area contributed by atoms with Crippen molar-refractivity contribution in [3.8, 4) is 0 Å². The molecule has 0 aromatic carbocycles. The molecular formula is C11H19NO3. The zero-order valence-corrected chi connectivity index (χ0v) is 9.04. The first-order valence-corrected chi connectivity index (χ1v) is 5.82. The average Bonchev–Trinajstić information content (AvgIpc) is 2.86. The zero-order valence-electron chi connectivity index (χ0n) is 9.04. The Balaban J connectivity index is 1.59. The molecule has 2 aliphatic rings. The maximum Gasteiger partial charge on any atom is 0.306 e. The second-order valence-electron chi connectivity index (χ2n) is 4.37. The Bertz CT molecular complexity index is 208. The molecule has 0 saturated carbocycles. The van der Waals surface area contributed by atoms with Crippen molar-refractivity contribution >= 4 is 5.97 Å². The number of carbonyl (C=O) groups excluding carboxylic acids is 1. The maximum atomic E-state index is 11.5. The number of hydrogen-bond donors (Lipinski definition) is 1. The third-order valence-electron chi connectivity index (χ3n) is 3.11. The highest BCUT2D eigenvalue weighted by molar-refractivity contribution is 5.69. The van der Waals surface area contributed by atoms with Gasteiger partial charge in [0, 0.05) is 12.8 Å². The summed E-state index contributed by atoms with van der Waals surface area (Å²) in [4.78, 5) is 11.5. The molecule has 2 unspecified atom stereocenters. The van der Waals surface area contributed by atoms with Crippen LogP contribution in [-0.4, -0.2) is 38.4 Å². The van der Waals surface area contributed by atoms with Gasteiger partial charge < -0.3 is 14.8 Å². The Hall–Kier alpha value is -0.610. The van der Waals surface area contributed by atoms with Crippen molar-refractivity contribution in [1.29, 1.82) is 0 Å². The number of ether oxygens (including phenoxy) is 2. The van der Waals surface area contributed by atoms with E-state index in [1.807, 2.05) is 0 Å². The van der Waals surface area contributed by atoms with Crippen molar-refractivity contribution < 1.29 is 14.3 Å². The normalized spacial score (nSPS) is 30.7. The van der Waals surface area contributed by atoms with Gasteiger partial charge >= 0.3 is 5.97 Å². The number of nitrogens with one attached hydrogen (secondary N) is 1. The van der Waals surface area contributed by atoms with Crippen molar-refractivity contribution in [1.82, 2.24) is 5.32 Å². The van der Waals surface area contributed by atoms with Crippen LogP contribution in [0.4, 0.5) is 0 Å². The van der Waals surface area contributed by atoms with E-state index in [9.17, 15) is 4.79 Å². The molecule has 0 radical (unpaired) electrons. The van der Waals surface area contributed by atoms with Gasteiger partial charge in [-0.2, -0.15) is 0 Å². The Labute approximate surface area is 90.3 Å². The molecule has 2 rings (SSSR count). The first-order valence-electron chi connectivity index (χ1n) is 5.82. The van der Waals surface area contributed by atoms with Gasteiger partial charge in [0.1, 0.15) is 6.10 Å². The summed E-state index contributed by atoms with van der Waals surface area (Å²) in [5.74, 6) is 0.606. The van der Waals surface area contributed by atoms with Gasteiger partial charge in [-0.3, -0.25) is 4.79 Å². The van der Waals surface area contributed by atoms with Crippen molar-refractivity contribution in [3.63, 3.8) is 0 Å². The topological polar surface area (TPSA) is 47.6 Å². The first kappa shape index (κ1) is 10.9. The summed E-state index contributed by atoms with van der Waals surface area (Å²) in [5, 5.41) is 3.30. The maximum absolute atomic E-state index is 11.5. The fourth-order valence-electron chi connectivity index (χ4n) is 2.13. The smallest absolute Gasteiger partial charge is 0.306 e. The highest BCUT2D eigenvalue weighted by Crippen LogP contribution is 2.16. The molecule has 0 spiro atoms. The van der Waals surface area contributed by atoms with Crippen molar-refractivity contribution in [2.75, 3.05) is 26.3 Å². The number of hydrogen-bond acceptors (Lipinski definition) is 4. The highest BCUT2D eigenvalue weighted by Gasteiger charge is 2.21. The summed E-state index contributed by atoms with van der Waals surface area (Å²) in [7, 11) is 0. The Morgan fingerprint density at radius 1 is 1.47 bits per heavy atom. The molecule has 2 heterocycles. The molecule has 2 aliphatic heterocycles. The second kappa shape index (κ2) is 5.47. The molecule has 0 bridgehead atoms. The van der Waals surface area contributed by atoms with Crippen LogP contribution in [-0.2, 0) is 14.3 Å². The summed E-state index contributed by atoms with van der Waals surface area (Å²) >= 11 is 0. The molecule has 0 aliphatic carbocycles. The van der Waals surface area contributed by atoms with E-state index in [-0.39, 0.29) is 12.1 Å². The monoisotopic (exact) mass is 213 g/mol. The summed E-state index contributed by atoms with van der Waals surface area (Å²) in [6.45, 7) is 3.46. The first-order chi connectivity index (χ1) is 7.34. The Kier molecular flexibility index (Phi) is 3.97. The fraction of sp³-hybridized carbons (Fsp3) is 0.909. The number of rotatable bonds is 4. The van der Waals surface area contributed by atoms with E-state index >= 15 is 0 Å². The molecule has 15 heavy (non-hydrogen) atoms. The standard InChI is InChI=1S/C11H19NO3/c13-11(15-10-4-6-14-8-10)2-1-9-3-5-12-7-9/h9-10,12H,1-8H2. The third-order valence-corrected chi connectivity index (χ3v) is 3.11. The Morgan fingerprint density at radius 2 is 2.40 bits per heavy atom. The van der Waals surface area contributed by atoms with E-state index in [0.29, 0.717) is 18.9 Å². The Morgan fingerprint density at radius 3 is 3.07 bits per heavy atom. The minimum absolute atomic E-state index is 0.0132. The van der Waals surface area contributed by atoms with E-state index in [4.69, 9.17) is 9.47 Å². The van der Waals surface area contributed by atoms with E-state index in [0.717, 1.165) is 32.5 Å². The quantitative estimate of drug-likeness (QED) is 0.699. The SMILES string of the molecule is O=C(CCC1CCNC1)OC1CCOC1. The van der Waals surface area contributed by atoms with Crippen molar-refractivity contribution in [3.05, 3.63) is 0 Å². The molecule has 0 aromatic rings. The predicted octanol–water partition coefficient (Wildman–Crippen LogP) is 0.708. The lowest BCUT2D eigenvalue weighted by Crippen LogP contribution is -2.19. The third kappa shape index (κ3) is 3.47. The van der Waals surface area contributed by atoms with E-state index in [1.54, 1.807) is 0 Å². The van der Waals surface area contributed by atoms with Gasteiger partial charge in [-0.1, -0.05) is 0 Å². The van der Waals surface area contributed by atoms with Crippen LogP contribution in [0, 0.1) is 5.92 Å². The van der Waals surface area contributed by atoms with E-state index in [2.05, 4.69) is 5.32 Å². The number of carbonyl (C=O) groups is 1. The van der Waals surface area contributed by atoms with Gasteiger partial charge in [0.05, 0.1) is 13.2 Å². The second-order valence-corrected chi connectivity index (χ2v) is 4.37. The summed E-state index contributed by atoms with van der Waals surface area (Å²) in [5.41, 5.74) is 0. The van der Waals surface area contributed by atoms with Crippen LogP contribution < -0.4 is 5.32 Å². The van der Waals surface area contributed by atoms with Gasteiger partial charge in [0.15, 0.2) is 0 Å². The van der Waals surface area contributed by atoms with Gasteiger partial charge in [0.25, 0.3) is 0 Å². The van der Waals surface area contributed by atoms with Crippen LogP contribution in [0.25, 0.3) is 0 Å².